The summed E-state index contributed by atoms with van der Waals surface area (Å²) in [5.74, 6) is 0.755. The molecular formula is C15H29NO2. The molecule has 3 nitrogen and oxygen atoms in total. The second kappa shape index (κ2) is 5.48. The minimum absolute atomic E-state index is 0.0767. The first kappa shape index (κ1) is 14.3. The van der Waals surface area contributed by atoms with Crippen LogP contribution in [0.3, 0.4) is 0 Å². The standard InChI is InChI=1S/C15H29NO2/c1-12-9-14(2,3)6-5-13(12)16-10-15(17-4)7-8-18-11-15/h12-13,16H,5-11H2,1-4H3. The Morgan fingerprint density at radius 3 is 2.67 bits per heavy atom. The average Bonchev–Trinajstić information content (AvgIpc) is 2.76. The molecule has 1 aliphatic heterocycles. The van der Waals surface area contributed by atoms with E-state index in [1.807, 2.05) is 7.11 Å². The van der Waals surface area contributed by atoms with Crippen molar-refractivity contribution in [1.29, 1.82) is 0 Å². The summed E-state index contributed by atoms with van der Waals surface area (Å²) in [5.41, 5.74) is 0.444. The molecule has 1 N–H and O–H groups in total. The van der Waals surface area contributed by atoms with Gasteiger partial charge in [-0.25, -0.2) is 0 Å². The van der Waals surface area contributed by atoms with E-state index < -0.39 is 0 Å². The molecule has 3 heteroatoms. The van der Waals surface area contributed by atoms with Crippen molar-refractivity contribution in [1.82, 2.24) is 5.32 Å². The maximum atomic E-state index is 5.68. The Hall–Kier alpha value is -0.120. The molecule has 2 fully saturated rings. The van der Waals surface area contributed by atoms with E-state index in [0.29, 0.717) is 11.5 Å². The topological polar surface area (TPSA) is 30.5 Å². The van der Waals surface area contributed by atoms with E-state index in [1.54, 1.807) is 0 Å². The van der Waals surface area contributed by atoms with E-state index in [0.717, 1.165) is 32.1 Å². The SMILES string of the molecule is COC1(CNC2CCC(C)(C)CC2C)CCOC1. The second-order valence-electron chi connectivity index (χ2n) is 7.06. The van der Waals surface area contributed by atoms with Gasteiger partial charge in [-0.05, 0) is 30.6 Å². The van der Waals surface area contributed by atoms with Crippen molar-refractivity contribution in [3.63, 3.8) is 0 Å². The van der Waals surface area contributed by atoms with E-state index in [4.69, 9.17) is 9.47 Å². The maximum Gasteiger partial charge on any atom is 0.106 e. The molecule has 18 heavy (non-hydrogen) atoms. The first-order valence-electron chi connectivity index (χ1n) is 7.33. The fourth-order valence-corrected chi connectivity index (χ4v) is 3.53. The first-order chi connectivity index (χ1) is 8.46. The maximum absolute atomic E-state index is 5.68. The molecule has 1 heterocycles. The van der Waals surface area contributed by atoms with Crippen LogP contribution in [0.15, 0.2) is 0 Å². The van der Waals surface area contributed by atoms with Crippen LogP contribution in [0.1, 0.15) is 46.5 Å². The van der Waals surface area contributed by atoms with Crippen LogP contribution in [0.25, 0.3) is 0 Å². The third-order valence-electron chi connectivity index (χ3n) is 4.88. The molecule has 1 saturated heterocycles. The van der Waals surface area contributed by atoms with E-state index in [1.165, 1.54) is 19.3 Å². The molecule has 0 aromatic carbocycles. The summed E-state index contributed by atoms with van der Waals surface area (Å²) in [4.78, 5) is 0. The third kappa shape index (κ3) is 3.25. The van der Waals surface area contributed by atoms with Gasteiger partial charge < -0.3 is 14.8 Å². The summed E-state index contributed by atoms with van der Waals surface area (Å²) in [5, 5.41) is 3.74. The molecule has 2 aliphatic rings. The van der Waals surface area contributed by atoms with Crippen molar-refractivity contribution >= 4 is 0 Å². The lowest BCUT2D eigenvalue weighted by atomic mass is 9.70. The van der Waals surface area contributed by atoms with E-state index in [9.17, 15) is 0 Å². The fourth-order valence-electron chi connectivity index (χ4n) is 3.53. The largest absolute Gasteiger partial charge is 0.378 e. The molecule has 0 radical (unpaired) electrons. The van der Waals surface area contributed by atoms with Gasteiger partial charge in [0.05, 0.1) is 6.61 Å². The van der Waals surface area contributed by atoms with Gasteiger partial charge in [0.2, 0.25) is 0 Å². The smallest absolute Gasteiger partial charge is 0.106 e. The lowest BCUT2D eigenvalue weighted by molar-refractivity contribution is -0.0207. The van der Waals surface area contributed by atoms with Crippen LogP contribution in [0, 0.1) is 11.3 Å². The summed E-state index contributed by atoms with van der Waals surface area (Å²) in [6.45, 7) is 9.66. The van der Waals surface area contributed by atoms with Crippen LogP contribution in [0.2, 0.25) is 0 Å². The normalized spacial score (nSPS) is 40.0. The molecule has 2 rings (SSSR count). The van der Waals surface area contributed by atoms with Crippen molar-refractivity contribution in [3.05, 3.63) is 0 Å². The van der Waals surface area contributed by atoms with Gasteiger partial charge >= 0.3 is 0 Å². The average molecular weight is 255 g/mol. The highest BCUT2D eigenvalue weighted by Crippen LogP contribution is 2.38. The van der Waals surface area contributed by atoms with Crippen molar-refractivity contribution in [2.24, 2.45) is 11.3 Å². The highest BCUT2D eigenvalue weighted by Gasteiger charge is 2.37. The van der Waals surface area contributed by atoms with Crippen molar-refractivity contribution in [3.8, 4) is 0 Å². The van der Waals surface area contributed by atoms with Crippen LogP contribution in [0.4, 0.5) is 0 Å². The molecule has 106 valence electrons. The van der Waals surface area contributed by atoms with E-state index >= 15 is 0 Å². The van der Waals surface area contributed by atoms with E-state index in [-0.39, 0.29) is 5.60 Å². The molecule has 0 aromatic rings. The van der Waals surface area contributed by atoms with Crippen LogP contribution < -0.4 is 5.32 Å². The highest BCUT2D eigenvalue weighted by molar-refractivity contribution is 4.92. The van der Waals surface area contributed by atoms with Crippen LogP contribution >= 0.6 is 0 Å². The van der Waals surface area contributed by atoms with Crippen LogP contribution in [-0.4, -0.2) is 38.5 Å². The Balaban J connectivity index is 1.83. The zero-order valence-corrected chi connectivity index (χ0v) is 12.4. The molecule has 0 bridgehead atoms. The summed E-state index contributed by atoms with van der Waals surface area (Å²) in [6, 6.07) is 0.644. The minimum Gasteiger partial charge on any atom is -0.378 e. The van der Waals surface area contributed by atoms with Crippen molar-refractivity contribution in [2.45, 2.75) is 58.1 Å². The van der Waals surface area contributed by atoms with Crippen LogP contribution in [0.5, 0.6) is 0 Å². The molecule has 3 atom stereocenters. The number of methoxy groups -OCH3 is 1. The fraction of sp³-hybridized carbons (Fsp3) is 1.00. The second-order valence-corrected chi connectivity index (χ2v) is 7.06. The Kier molecular flexibility index (Phi) is 4.35. The van der Waals surface area contributed by atoms with Gasteiger partial charge in [-0.3, -0.25) is 0 Å². The van der Waals surface area contributed by atoms with Gasteiger partial charge in [0.1, 0.15) is 5.60 Å². The summed E-state index contributed by atoms with van der Waals surface area (Å²) < 4.78 is 11.2. The highest BCUT2D eigenvalue weighted by atomic mass is 16.5. The van der Waals surface area contributed by atoms with Gasteiger partial charge in [-0.2, -0.15) is 0 Å². The predicted octanol–water partition coefficient (Wildman–Crippen LogP) is 2.60. The quantitative estimate of drug-likeness (QED) is 0.837. The molecule has 0 spiro atoms. The Bertz CT molecular complexity index is 272. The zero-order chi connectivity index (χ0) is 13.2. The molecule has 0 amide bonds. The zero-order valence-electron chi connectivity index (χ0n) is 12.4. The third-order valence-corrected chi connectivity index (χ3v) is 4.88. The van der Waals surface area contributed by atoms with Gasteiger partial charge in [0, 0.05) is 32.7 Å². The van der Waals surface area contributed by atoms with Crippen molar-refractivity contribution < 1.29 is 9.47 Å². The van der Waals surface area contributed by atoms with Gasteiger partial charge in [0.15, 0.2) is 0 Å². The lowest BCUT2D eigenvalue weighted by Crippen LogP contribution is -2.50. The number of nitrogens with one attached hydrogen (secondary N) is 1. The van der Waals surface area contributed by atoms with Gasteiger partial charge in [-0.1, -0.05) is 20.8 Å². The number of hydrogen-bond donors (Lipinski definition) is 1. The summed E-state index contributed by atoms with van der Waals surface area (Å²) in [7, 11) is 1.81. The minimum atomic E-state index is -0.0767. The lowest BCUT2D eigenvalue weighted by Gasteiger charge is -2.41. The monoisotopic (exact) mass is 255 g/mol. The first-order valence-corrected chi connectivity index (χ1v) is 7.33. The molecule has 1 aliphatic carbocycles. The van der Waals surface area contributed by atoms with Crippen molar-refractivity contribution in [2.75, 3.05) is 26.9 Å². The molecular weight excluding hydrogens is 226 g/mol. The number of ether oxygens (including phenoxy) is 2. The molecule has 0 aromatic heterocycles. The number of rotatable bonds is 4. The molecule has 1 saturated carbocycles. The Labute approximate surface area is 112 Å². The number of hydrogen-bond acceptors (Lipinski definition) is 3. The predicted molar refractivity (Wildman–Crippen MR) is 73.8 cm³/mol. The molecule has 3 unspecified atom stereocenters. The van der Waals surface area contributed by atoms with Crippen LogP contribution in [-0.2, 0) is 9.47 Å². The summed E-state index contributed by atoms with van der Waals surface area (Å²) in [6.07, 6.45) is 4.95. The summed E-state index contributed by atoms with van der Waals surface area (Å²) >= 11 is 0. The Morgan fingerprint density at radius 2 is 2.11 bits per heavy atom. The van der Waals surface area contributed by atoms with Gasteiger partial charge in [-0.15, -0.1) is 0 Å². The van der Waals surface area contributed by atoms with Gasteiger partial charge in [0.25, 0.3) is 0 Å². The van der Waals surface area contributed by atoms with E-state index in [2.05, 4.69) is 26.1 Å². The Morgan fingerprint density at radius 1 is 1.33 bits per heavy atom.